The van der Waals surface area contributed by atoms with Crippen molar-refractivity contribution in [3.05, 3.63) is 84.9 Å². The third kappa shape index (κ3) is 2.81. The molecule has 5 aromatic carbocycles. The van der Waals surface area contributed by atoms with Gasteiger partial charge in [0, 0.05) is 16.8 Å². The highest BCUT2D eigenvalue weighted by atomic mass is 35.5. The second kappa shape index (κ2) is 6.89. The molecule has 124 valence electrons. The predicted molar refractivity (Wildman–Crippen MR) is 97.8 cm³/mol. The van der Waals surface area contributed by atoms with Gasteiger partial charge in [-0.1, -0.05) is 54.6 Å². The molecule has 0 aliphatic heterocycles. The first kappa shape index (κ1) is 17.5. The van der Waals surface area contributed by atoms with Crippen molar-refractivity contribution in [3.63, 3.8) is 0 Å². The van der Waals surface area contributed by atoms with Crippen LogP contribution in [-0.4, -0.2) is 0 Å². The number of para-hydroxylation sites is 1. The summed E-state index contributed by atoms with van der Waals surface area (Å²) >= 11 is 0. The highest BCUT2D eigenvalue weighted by Gasteiger charge is 2.12. The van der Waals surface area contributed by atoms with Crippen LogP contribution in [0, 0.1) is 0 Å². The summed E-state index contributed by atoms with van der Waals surface area (Å²) in [6, 6.07) is 30.5. The molecule has 5 rings (SSSR count). The minimum absolute atomic E-state index is 0. The van der Waals surface area contributed by atoms with E-state index in [-0.39, 0.29) is 24.8 Å². The zero-order valence-corrected chi connectivity index (χ0v) is 14.9. The third-order valence-corrected chi connectivity index (χ3v) is 4.68. The van der Waals surface area contributed by atoms with Crippen LogP contribution in [0.4, 0.5) is 11.4 Å². The van der Waals surface area contributed by atoms with E-state index in [9.17, 15) is 0 Å². The van der Waals surface area contributed by atoms with Crippen molar-refractivity contribution in [1.82, 2.24) is 0 Å². The first-order valence-corrected chi connectivity index (χ1v) is 7.96. The van der Waals surface area contributed by atoms with Gasteiger partial charge in [0.05, 0.1) is 0 Å². The molecular weight excluding hydrogens is 349 g/mol. The van der Waals surface area contributed by atoms with Crippen LogP contribution in [0.25, 0.3) is 32.3 Å². The molecule has 0 fully saturated rings. The fourth-order valence-corrected chi connectivity index (χ4v) is 3.61. The van der Waals surface area contributed by atoms with E-state index in [2.05, 4.69) is 90.2 Å². The van der Waals surface area contributed by atoms with Gasteiger partial charge in [-0.3, -0.25) is 5.32 Å². The molecule has 3 heteroatoms. The fraction of sp³-hybridized carbons (Fsp3) is 0. The average Bonchev–Trinajstić information content (AvgIpc) is 2.62. The molecule has 0 radical (unpaired) electrons. The molecule has 0 amide bonds. The molecule has 5 aromatic rings. The lowest BCUT2D eigenvalue weighted by molar-refractivity contribution is -0.476. The van der Waals surface area contributed by atoms with Crippen LogP contribution >= 0.6 is 0 Å². The van der Waals surface area contributed by atoms with Gasteiger partial charge in [0.1, 0.15) is 11.4 Å². The van der Waals surface area contributed by atoms with E-state index in [1.54, 1.807) is 0 Å². The number of benzene rings is 5. The largest absolute Gasteiger partial charge is 1.00 e. The van der Waals surface area contributed by atoms with Crippen LogP contribution in [0.3, 0.4) is 0 Å². The number of quaternary nitrogens is 1. The van der Waals surface area contributed by atoms with Crippen LogP contribution in [0.1, 0.15) is 0 Å². The van der Waals surface area contributed by atoms with E-state index in [1.165, 1.54) is 43.7 Å². The molecule has 0 atom stereocenters. The smallest absolute Gasteiger partial charge is 0.142 e. The normalized spacial score (nSPS) is 10.7. The number of hydrogen-bond donors (Lipinski definition) is 1. The Bertz CT molecular complexity index is 1120. The van der Waals surface area contributed by atoms with Crippen LogP contribution in [0.2, 0.25) is 0 Å². The van der Waals surface area contributed by atoms with Crippen molar-refractivity contribution in [2.45, 2.75) is 0 Å². The first-order valence-electron chi connectivity index (χ1n) is 7.96. The standard InChI is InChI=1S/C22H15N.2ClH/c1-2-7-18(8-3-1)23-20-14-12-17-10-9-15-5-4-6-16-11-13-19(20)22(17)21(15)16;;/h1-14,23H;2*1H/p-1. The van der Waals surface area contributed by atoms with E-state index in [0.717, 1.165) is 0 Å². The summed E-state index contributed by atoms with van der Waals surface area (Å²) in [6.45, 7) is 0. The molecule has 0 aliphatic rings. The molecule has 0 unspecified atom stereocenters. The summed E-state index contributed by atoms with van der Waals surface area (Å²) in [5.41, 5.74) is 2.52. The minimum atomic E-state index is 0. The lowest BCUT2D eigenvalue weighted by Crippen LogP contribution is -3.00. The maximum absolute atomic E-state index is 2.27. The molecule has 2 N–H and O–H groups in total. The quantitative estimate of drug-likeness (QED) is 0.309. The maximum atomic E-state index is 2.27. The zero-order valence-electron chi connectivity index (χ0n) is 13.4. The molecule has 0 bridgehead atoms. The zero-order chi connectivity index (χ0) is 15.2. The van der Waals surface area contributed by atoms with Gasteiger partial charge in [-0.05, 0) is 45.8 Å². The Balaban J connectivity index is 0.000000911. The molecule has 0 aliphatic carbocycles. The second-order valence-electron chi connectivity index (χ2n) is 6.07. The van der Waals surface area contributed by atoms with E-state index in [0.29, 0.717) is 0 Å². The third-order valence-electron chi connectivity index (χ3n) is 4.68. The van der Waals surface area contributed by atoms with E-state index >= 15 is 0 Å². The summed E-state index contributed by atoms with van der Waals surface area (Å²) in [4.78, 5) is 0. The Morgan fingerprint density at radius 3 is 1.80 bits per heavy atom. The molecule has 1 nitrogen and oxygen atoms in total. The van der Waals surface area contributed by atoms with Crippen LogP contribution in [-0.2, 0) is 0 Å². The monoisotopic (exact) mass is 364 g/mol. The molecule has 0 saturated heterocycles. The Labute approximate surface area is 158 Å². The number of hydrogen-bond acceptors (Lipinski definition) is 0. The van der Waals surface area contributed by atoms with E-state index in [4.69, 9.17) is 0 Å². The maximum Gasteiger partial charge on any atom is 0.142 e. The van der Waals surface area contributed by atoms with Crippen LogP contribution in [0.5, 0.6) is 0 Å². The van der Waals surface area contributed by atoms with Crippen molar-refractivity contribution in [3.8, 4) is 0 Å². The highest BCUT2D eigenvalue weighted by Crippen LogP contribution is 2.36. The number of nitrogens with two attached hydrogens (primary N) is 1. The Morgan fingerprint density at radius 1 is 0.480 bits per heavy atom. The molecular formula is C22H16Cl2N-. The van der Waals surface area contributed by atoms with Crippen LogP contribution < -0.4 is 30.1 Å². The van der Waals surface area contributed by atoms with Gasteiger partial charge < -0.3 is 24.8 Å². The summed E-state index contributed by atoms with van der Waals surface area (Å²) in [7, 11) is 0. The lowest BCUT2D eigenvalue weighted by atomic mass is 9.93. The van der Waals surface area contributed by atoms with Gasteiger partial charge in [0.2, 0.25) is 0 Å². The predicted octanol–water partition coefficient (Wildman–Crippen LogP) is -0.881. The van der Waals surface area contributed by atoms with Gasteiger partial charge >= 0.3 is 0 Å². The Morgan fingerprint density at radius 2 is 1.08 bits per heavy atom. The van der Waals surface area contributed by atoms with Gasteiger partial charge in [-0.15, -0.1) is 0 Å². The summed E-state index contributed by atoms with van der Waals surface area (Å²) in [5, 5.41) is 10.3. The van der Waals surface area contributed by atoms with Gasteiger partial charge in [-0.25, -0.2) is 0 Å². The number of halogens is 2. The van der Waals surface area contributed by atoms with Gasteiger partial charge in [0.25, 0.3) is 0 Å². The molecule has 0 saturated carbocycles. The van der Waals surface area contributed by atoms with Crippen LogP contribution in [0.15, 0.2) is 84.9 Å². The molecule has 0 spiro atoms. The Kier molecular flexibility index (Phi) is 4.82. The Hall–Kier alpha value is -2.32. The minimum Gasteiger partial charge on any atom is -1.00 e. The van der Waals surface area contributed by atoms with Gasteiger partial charge in [0.15, 0.2) is 0 Å². The lowest BCUT2D eigenvalue weighted by Gasteiger charge is -2.12. The van der Waals surface area contributed by atoms with Crippen molar-refractivity contribution in [2.24, 2.45) is 0 Å². The summed E-state index contributed by atoms with van der Waals surface area (Å²) < 4.78 is 0. The second-order valence-corrected chi connectivity index (χ2v) is 6.07. The summed E-state index contributed by atoms with van der Waals surface area (Å²) in [5.74, 6) is 0. The van der Waals surface area contributed by atoms with E-state index < -0.39 is 0 Å². The molecule has 25 heavy (non-hydrogen) atoms. The van der Waals surface area contributed by atoms with Crippen molar-refractivity contribution >= 4 is 43.7 Å². The van der Waals surface area contributed by atoms with Crippen molar-refractivity contribution in [1.29, 1.82) is 0 Å². The first-order chi connectivity index (χ1) is 11.4. The van der Waals surface area contributed by atoms with Crippen molar-refractivity contribution in [2.75, 3.05) is 0 Å². The topological polar surface area (TPSA) is 16.6 Å². The summed E-state index contributed by atoms with van der Waals surface area (Å²) in [6.07, 6.45) is 0. The number of rotatable bonds is 2. The highest BCUT2D eigenvalue weighted by molar-refractivity contribution is 6.24. The van der Waals surface area contributed by atoms with Gasteiger partial charge in [-0.2, -0.15) is 0 Å². The van der Waals surface area contributed by atoms with Crippen molar-refractivity contribution < 1.29 is 30.1 Å². The van der Waals surface area contributed by atoms with E-state index in [1.807, 2.05) is 0 Å². The average molecular weight is 365 g/mol. The molecule has 0 heterocycles. The fourth-order valence-electron chi connectivity index (χ4n) is 3.61. The SMILES string of the molecule is [Cl-].[Cl-].c1ccc([NH2+]c2ccc3ccc4cccc5ccc2c3c45)cc1. The molecule has 0 aromatic heterocycles.